The Kier molecular flexibility index (Phi) is 6.94. The monoisotopic (exact) mass is 382 g/mol. The molecular weight excluding hydrogens is 360 g/mol. The summed E-state index contributed by atoms with van der Waals surface area (Å²) in [6.07, 6.45) is -0.102. The van der Waals surface area contributed by atoms with E-state index in [1.165, 1.54) is 18.1 Å². The standard InChI is InChI=1S/C17H22N2O8/c1-4-25-15-8-13(19(22)23)12(7-14(15)24-3)17(21)27-10-16(20)18-5-6-26-11(2)9-18/h7-8,11H,4-6,9-10H2,1-3H3. The van der Waals surface area contributed by atoms with Gasteiger partial charge in [0.2, 0.25) is 0 Å². The Bertz CT molecular complexity index is 721. The van der Waals surface area contributed by atoms with Gasteiger partial charge in [0.25, 0.3) is 11.6 Å². The lowest BCUT2D eigenvalue weighted by atomic mass is 10.1. The number of amides is 1. The number of esters is 1. The van der Waals surface area contributed by atoms with E-state index < -0.39 is 23.2 Å². The predicted molar refractivity (Wildman–Crippen MR) is 93.1 cm³/mol. The first-order valence-electron chi connectivity index (χ1n) is 8.43. The van der Waals surface area contributed by atoms with Gasteiger partial charge < -0.3 is 23.8 Å². The molecule has 1 saturated heterocycles. The molecule has 0 radical (unpaired) electrons. The number of methoxy groups -OCH3 is 1. The van der Waals surface area contributed by atoms with Crippen molar-refractivity contribution in [2.45, 2.75) is 20.0 Å². The molecule has 0 aliphatic carbocycles. The zero-order chi connectivity index (χ0) is 20.0. The van der Waals surface area contributed by atoms with Gasteiger partial charge in [-0.25, -0.2) is 4.79 Å². The molecule has 148 valence electrons. The third-order valence-electron chi connectivity index (χ3n) is 3.92. The Morgan fingerprint density at radius 3 is 2.70 bits per heavy atom. The molecule has 0 aromatic heterocycles. The van der Waals surface area contributed by atoms with Crippen LogP contribution in [0.2, 0.25) is 0 Å². The number of rotatable bonds is 7. The molecule has 1 unspecified atom stereocenters. The minimum absolute atomic E-state index is 0.102. The molecule has 1 amide bonds. The highest BCUT2D eigenvalue weighted by molar-refractivity contribution is 5.96. The summed E-state index contributed by atoms with van der Waals surface area (Å²) in [5.41, 5.74) is -0.805. The van der Waals surface area contributed by atoms with Gasteiger partial charge in [-0.15, -0.1) is 0 Å². The SMILES string of the molecule is CCOc1cc([N+](=O)[O-])c(C(=O)OCC(=O)N2CCOC(C)C2)cc1OC. The van der Waals surface area contributed by atoms with E-state index in [1.807, 2.05) is 6.92 Å². The number of hydrogen-bond donors (Lipinski definition) is 0. The van der Waals surface area contributed by atoms with E-state index in [0.717, 1.165) is 6.07 Å². The quantitative estimate of drug-likeness (QED) is 0.395. The zero-order valence-electron chi connectivity index (χ0n) is 15.4. The van der Waals surface area contributed by atoms with Crippen LogP contribution in [0.1, 0.15) is 24.2 Å². The molecular formula is C17H22N2O8. The Hall–Kier alpha value is -2.88. The van der Waals surface area contributed by atoms with Crippen LogP contribution in [-0.2, 0) is 14.3 Å². The van der Waals surface area contributed by atoms with E-state index in [0.29, 0.717) is 19.7 Å². The third kappa shape index (κ3) is 5.07. The minimum atomic E-state index is -0.988. The molecule has 1 aliphatic heterocycles. The van der Waals surface area contributed by atoms with Crippen molar-refractivity contribution in [1.82, 2.24) is 4.90 Å². The van der Waals surface area contributed by atoms with Gasteiger partial charge in [0.05, 0.1) is 37.4 Å². The molecule has 0 bridgehead atoms. The maximum atomic E-state index is 12.3. The van der Waals surface area contributed by atoms with E-state index in [4.69, 9.17) is 18.9 Å². The summed E-state index contributed by atoms with van der Waals surface area (Å²) in [6, 6.07) is 2.27. The van der Waals surface area contributed by atoms with E-state index >= 15 is 0 Å². The van der Waals surface area contributed by atoms with Gasteiger partial charge in [0.15, 0.2) is 18.1 Å². The number of nitro benzene ring substituents is 1. The first-order chi connectivity index (χ1) is 12.9. The molecule has 1 aromatic rings. The first-order valence-corrected chi connectivity index (χ1v) is 8.43. The highest BCUT2D eigenvalue weighted by Gasteiger charge is 2.28. The normalized spacial score (nSPS) is 16.6. The van der Waals surface area contributed by atoms with Crippen molar-refractivity contribution in [1.29, 1.82) is 0 Å². The van der Waals surface area contributed by atoms with Crippen molar-refractivity contribution >= 4 is 17.6 Å². The van der Waals surface area contributed by atoms with Crippen LogP contribution in [0.5, 0.6) is 11.5 Å². The fraction of sp³-hybridized carbons (Fsp3) is 0.529. The molecule has 27 heavy (non-hydrogen) atoms. The van der Waals surface area contributed by atoms with E-state index in [9.17, 15) is 19.7 Å². The molecule has 10 nitrogen and oxygen atoms in total. The highest BCUT2D eigenvalue weighted by atomic mass is 16.6. The predicted octanol–water partition coefficient (Wildman–Crippen LogP) is 1.41. The van der Waals surface area contributed by atoms with Crippen LogP contribution in [0.3, 0.4) is 0 Å². The van der Waals surface area contributed by atoms with Gasteiger partial charge >= 0.3 is 5.97 Å². The third-order valence-corrected chi connectivity index (χ3v) is 3.92. The lowest BCUT2D eigenvalue weighted by molar-refractivity contribution is -0.385. The first kappa shape index (κ1) is 20.4. The van der Waals surface area contributed by atoms with Crippen LogP contribution in [0.25, 0.3) is 0 Å². The Labute approximate surface area is 156 Å². The summed E-state index contributed by atoms with van der Waals surface area (Å²) in [6.45, 7) is 4.50. The number of morpholine rings is 1. The van der Waals surface area contributed by atoms with Gasteiger partial charge in [-0.3, -0.25) is 14.9 Å². The summed E-state index contributed by atoms with van der Waals surface area (Å²) in [7, 11) is 1.35. The number of nitro groups is 1. The summed E-state index contributed by atoms with van der Waals surface area (Å²) >= 11 is 0. The summed E-state index contributed by atoms with van der Waals surface area (Å²) in [4.78, 5) is 36.6. The Balaban J connectivity index is 2.14. The molecule has 2 rings (SSSR count). The van der Waals surface area contributed by atoms with Gasteiger partial charge in [-0.1, -0.05) is 0 Å². The molecule has 1 atom stereocenters. The average molecular weight is 382 g/mol. The molecule has 0 N–H and O–H groups in total. The average Bonchev–Trinajstić information content (AvgIpc) is 2.65. The number of carbonyl (C=O) groups excluding carboxylic acids is 2. The summed E-state index contributed by atoms with van der Waals surface area (Å²) in [5.74, 6) is -1.08. The smallest absolute Gasteiger partial charge is 0.345 e. The fourth-order valence-electron chi connectivity index (χ4n) is 2.63. The van der Waals surface area contributed by atoms with E-state index in [-0.39, 0.29) is 35.7 Å². The van der Waals surface area contributed by atoms with Crippen LogP contribution in [0.4, 0.5) is 5.69 Å². The lowest BCUT2D eigenvalue weighted by Gasteiger charge is -2.30. The van der Waals surface area contributed by atoms with Crippen molar-refractivity contribution < 1.29 is 33.5 Å². The van der Waals surface area contributed by atoms with Crippen LogP contribution < -0.4 is 9.47 Å². The van der Waals surface area contributed by atoms with Crippen LogP contribution >= 0.6 is 0 Å². The summed E-state index contributed by atoms with van der Waals surface area (Å²) in [5, 5.41) is 11.3. The molecule has 10 heteroatoms. The highest BCUT2D eigenvalue weighted by Crippen LogP contribution is 2.35. The molecule has 1 aromatic carbocycles. The second-order valence-electron chi connectivity index (χ2n) is 5.81. The zero-order valence-corrected chi connectivity index (χ0v) is 15.4. The van der Waals surface area contributed by atoms with Crippen molar-refractivity contribution in [3.8, 4) is 11.5 Å². The number of benzene rings is 1. The van der Waals surface area contributed by atoms with E-state index in [1.54, 1.807) is 6.92 Å². The van der Waals surface area contributed by atoms with Gasteiger partial charge in [0.1, 0.15) is 5.56 Å². The van der Waals surface area contributed by atoms with Gasteiger partial charge in [-0.2, -0.15) is 0 Å². The largest absolute Gasteiger partial charge is 0.493 e. The van der Waals surface area contributed by atoms with Crippen molar-refractivity contribution in [3.63, 3.8) is 0 Å². The summed E-state index contributed by atoms with van der Waals surface area (Å²) < 4.78 is 20.7. The van der Waals surface area contributed by atoms with Gasteiger partial charge in [0, 0.05) is 19.2 Å². The maximum Gasteiger partial charge on any atom is 0.345 e. The Morgan fingerprint density at radius 1 is 1.37 bits per heavy atom. The number of carbonyl (C=O) groups is 2. The van der Waals surface area contributed by atoms with Gasteiger partial charge in [-0.05, 0) is 13.8 Å². The van der Waals surface area contributed by atoms with Crippen molar-refractivity contribution in [2.75, 3.05) is 40.0 Å². The molecule has 1 heterocycles. The van der Waals surface area contributed by atoms with Crippen LogP contribution in [0, 0.1) is 10.1 Å². The fourth-order valence-corrected chi connectivity index (χ4v) is 2.63. The van der Waals surface area contributed by atoms with Crippen LogP contribution in [-0.4, -0.2) is 67.8 Å². The lowest BCUT2D eigenvalue weighted by Crippen LogP contribution is -2.46. The topological polar surface area (TPSA) is 117 Å². The number of nitrogens with zero attached hydrogens (tertiary/aromatic N) is 2. The number of hydrogen-bond acceptors (Lipinski definition) is 8. The molecule has 0 saturated carbocycles. The molecule has 1 aliphatic rings. The Morgan fingerprint density at radius 2 is 2.11 bits per heavy atom. The van der Waals surface area contributed by atoms with Crippen molar-refractivity contribution in [2.24, 2.45) is 0 Å². The maximum absolute atomic E-state index is 12.3. The molecule has 1 fully saturated rings. The van der Waals surface area contributed by atoms with E-state index in [2.05, 4.69) is 0 Å². The number of ether oxygens (including phenoxy) is 4. The minimum Gasteiger partial charge on any atom is -0.493 e. The second kappa shape index (κ2) is 9.17. The van der Waals surface area contributed by atoms with Crippen molar-refractivity contribution in [3.05, 3.63) is 27.8 Å². The van der Waals surface area contributed by atoms with Crippen LogP contribution in [0.15, 0.2) is 12.1 Å². The molecule has 0 spiro atoms. The second-order valence-corrected chi connectivity index (χ2v) is 5.81.